The van der Waals surface area contributed by atoms with Crippen LogP contribution in [-0.4, -0.2) is 48.0 Å². The average Bonchev–Trinajstić information content (AvgIpc) is 2.89. The third-order valence-electron chi connectivity index (χ3n) is 5.61. The first-order valence-corrected chi connectivity index (χ1v) is 8.96. The molecule has 7 nitrogen and oxygen atoms in total. The number of ether oxygens (including phenoxy) is 2. The van der Waals surface area contributed by atoms with E-state index in [0.717, 1.165) is 5.56 Å². The molecule has 1 N–H and O–H groups in total. The number of piperazine rings is 1. The largest absolute Gasteiger partial charge is 0.493 e. The number of nitrogens with zero attached hydrogens (tertiary/aromatic N) is 1. The van der Waals surface area contributed by atoms with Gasteiger partial charge in [-0.1, -0.05) is 11.6 Å². The number of halogens is 1. The van der Waals surface area contributed by atoms with E-state index >= 15 is 0 Å². The van der Waals surface area contributed by atoms with Crippen molar-refractivity contribution in [2.24, 2.45) is 11.8 Å². The number of carbonyl (C=O) groups is 3. The molecule has 2 fully saturated rings. The van der Waals surface area contributed by atoms with Crippen molar-refractivity contribution in [3.05, 3.63) is 28.8 Å². The Morgan fingerprint density at radius 2 is 2.23 bits per heavy atom. The van der Waals surface area contributed by atoms with E-state index < -0.39 is 29.4 Å². The number of amides is 2. The van der Waals surface area contributed by atoms with E-state index in [1.807, 2.05) is 0 Å². The molecule has 2 saturated heterocycles. The maximum atomic E-state index is 12.8. The lowest BCUT2D eigenvalue weighted by Crippen LogP contribution is -2.66. The summed E-state index contributed by atoms with van der Waals surface area (Å²) in [5.74, 6) is -1.68. The highest BCUT2D eigenvalue weighted by molar-refractivity contribution is 6.30. The summed E-state index contributed by atoms with van der Waals surface area (Å²) in [6, 6.07) is 4.73. The molecule has 2 amide bonds. The van der Waals surface area contributed by atoms with Crippen LogP contribution in [0.4, 0.5) is 0 Å². The summed E-state index contributed by atoms with van der Waals surface area (Å²) in [4.78, 5) is 39.9. The molecule has 26 heavy (non-hydrogen) atoms. The molecule has 0 saturated carbocycles. The van der Waals surface area contributed by atoms with E-state index in [0.29, 0.717) is 10.8 Å². The summed E-state index contributed by atoms with van der Waals surface area (Å²) in [7, 11) is 0. The summed E-state index contributed by atoms with van der Waals surface area (Å²) >= 11 is 6.16. The summed E-state index contributed by atoms with van der Waals surface area (Å²) < 4.78 is 11.1. The Kier molecular flexibility index (Phi) is 3.87. The maximum absolute atomic E-state index is 12.8. The third-order valence-corrected chi connectivity index (χ3v) is 5.84. The Hall–Kier alpha value is -2.28. The van der Waals surface area contributed by atoms with Crippen LogP contribution in [0.3, 0.4) is 0 Å². The highest BCUT2D eigenvalue weighted by Crippen LogP contribution is 2.56. The van der Waals surface area contributed by atoms with Gasteiger partial charge in [-0.15, -0.1) is 0 Å². The number of hydrogen-bond acceptors (Lipinski definition) is 5. The highest BCUT2D eigenvalue weighted by Gasteiger charge is 2.67. The fourth-order valence-electron chi connectivity index (χ4n) is 4.58. The van der Waals surface area contributed by atoms with Crippen molar-refractivity contribution >= 4 is 29.4 Å². The first kappa shape index (κ1) is 17.1. The quantitative estimate of drug-likeness (QED) is 0.784. The van der Waals surface area contributed by atoms with Crippen LogP contribution >= 0.6 is 11.6 Å². The van der Waals surface area contributed by atoms with Gasteiger partial charge in [0.15, 0.2) is 0 Å². The average molecular weight is 379 g/mol. The Bertz CT molecular complexity index is 813. The number of carbonyl (C=O) groups excluding carboxylic acids is 3. The lowest BCUT2D eigenvalue weighted by atomic mass is 9.77. The summed E-state index contributed by atoms with van der Waals surface area (Å²) in [6.07, 6.45) is 0. The monoisotopic (exact) mass is 378 g/mol. The number of nitrogens with one attached hydrogen (secondary N) is 1. The van der Waals surface area contributed by atoms with Gasteiger partial charge in [0.1, 0.15) is 11.3 Å². The van der Waals surface area contributed by atoms with Gasteiger partial charge in [0.2, 0.25) is 11.8 Å². The Labute approximate surface area is 155 Å². The highest BCUT2D eigenvalue weighted by atomic mass is 35.5. The fourth-order valence-corrected chi connectivity index (χ4v) is 4.76. The van der Waals surface area contributed by atoms with Crippen LogP contribution in [0.1, 0.15) is 25.5 Å². The molecule has 3 heterocycles. The van der Waals surface area contributed by atoms with Crippen molar-refractivity contribution in [1.29, 1.82) is 0 Å². The van der Waals surface area contributed by atoms with Crippen molar-refractivity contribution in [1.82, 2.24) is 10.2 Å². The van der Waals surface area contributed by atoms with Crippen molar-refractivity contribution in [2.45, 2.75) is 25.4 Å². The van der Waals surface area contributed by atoms with E-state index in [1.165, 1.54) is 4.90 Å². The molecule has 0 bridgehead atoms. The van der Waals surface area contributed by atoms with Crippen LogP contribution < -0.4 is 10.1 Å². The summed E-state index contributed by atoms with van der Waals surface area (Å²) in [5.41, 5.74) is -0.612. The minimum Gasteiger partial charge on any atom is -0.493 e. The molecular formula is C18H19ClN2O5. The van der Waals surface area contributed by atoms with Crippen molar-refractivity contribution < 1.29 is 23.9 Å². The first-order chi connectivity index (χ1) is 12.4. The van der Waals surface area contributed by atoms with Crippen molar-refractivity contribution in [2.75, 3.05) is 19.8 Å². The molecule has 3 aliphatic rings. The zero-order valence-corrected chi connectivity index (χ0v) is 15.2. The summed E-state index contributed by atoms with van der Waals surface area (Å²) in [6.45, 7) is 3.66. The van der Waals surface area contributed by atoms with Crippen LogP contribution in [0.2, 0.25) is 5.02 Å². The fraction of sp³-hybridized carbons (Fsp3) is 0.500. The Morgan fingerprint density at radius 1 is 1.46 bits per heavy atom. The Balaban J connectivity index is 1.90. The molecule has 0 aliphatic carbocycles. The normalized spacial score (nSPS) is 32.1. The topological polar surface area (TPSA) is 84.9 Å². The molecule has 138 valence electrons. The molecule has 3 aliphatic heterocycles. The van der Waals surface area contributed by atoms with E-state index in [2.05, 4.69) is 5.32 Å². The molecular weight excluding hydrogens is 360 g/mol. The predicted octanol–water partition coefficient (Wildman–Crippen LogP) is 1.30. The minimum absolute atomic E-state index is 0.0933. The molecule has 0 spiro atoms. The van der Waals surface area contributed by atoms with E-state index in [9.17, 15) is 14.4 Å². The maximum Gasteiger partial charge on any atom is 0.312 e. The van der Waals surface area contributed by atoms with Crippen LogP contribution in [0, 0.1) is 11.8 Å². The van der Waals surface area contributed by atoms with Crippen LogP contribution in [0.5, 0.6) is 5.75 Å². The standard InChI is InChI=1S/C18H19ClN2O5/c1-3-25-16(23)14-11-8-26-12-5-4-9(19)6-10(12)15(11)21-13(22)7-20-17(24)18(14,21)2/h4-6,11,14-15H,3,7-8H2,1-2H3,(H,20,24)/t11?,14?,15?,18-/m1/s1. The van der Waals surface area contributed by atoms with Gasteiger partial charge in [0, 0.05) is 16.5 Å². The first-order valence-electron chi connectivity index (χ1n) is 8.59. The molecule has 0 aromatic heterocycles. The van der Waals surface area contributed by atoms with Gasteiger partial charge in [0.25, 0.3) is 0 Å². The number of benzene rings is 1. The molecule has 4 atom stereocenters. The molecule has 8 heteroatoms. The second-order valence-corrected chi connectivity index (χ2v) is 7.36. The van der Waals surface area contributed by atoms with E-state index in [1.54, 1.807) is 32.0 Å². The second-order valence-electron chi connectivity index (χ2n) is 6.93. The smallest absolute Gasteiger partial charge is 0.312 e. The molecule has 1 aromatic rings. The third kappa shape index (κ3) is 2.16. The Morgan fingerprint density at radius 3 is 2.96 bits per heavy atom. The van der Waals surface area contributed by atoms with Crippen LogP contribution in [0.25, 0.3) is 0 Å². The van der Waals surface area contributed by atoms with Crippen LogP contribution in [0.15, 0.2) is 18.2 Å². The second kappa shape index (κ2) is 5.87. The minimum atomic E-state index is -1.33. The summed E-state index contributed by atoms with van der Waals surface area (Å²) in [5, 5.41) is 3.11. The van der Waals surface area contributed by atoms with E-state index in [-0.39, 0.29) is 31.6 Å². The van der Waals surface area contributed by atoms with E-state index in [4.69, 9.17) is 21.1 Å². The molecule has 4 rings (SSSR count). The molecule has 0 radical (unpaired) electrons. The van der Waals surface area contributed by atoms with Gasteiger partial charge in [0.05, 0.1) is 31.7 Å². The number of fused-ring (bicyclic) bond motifs is 5. The number of esters is 1. The zero-order valence-electron chi connectivity index (χ0n) is 14.5. The van der Waals surface area contributed by atoms with Gasteiger partial charge in [-0.2, -0.15) is 0 Å². The predicted molar refractivity (Wildman–Crippen MR) is 91.6 cm³/mol. The van der Waals surface area contributed by atoms with Gasteiger partial charge < -0.3 is 19.7 Å². The SMILES string of the molecule is CCOC(=O)C1C2COc3ccc(Cl)cc3C2N2C(=O)CNC(=O)[C@@]12C. The lowest BCUT2D eigenvalue weighted by molar-refractivity contribution is -0.162. The van der Waals surface area contributed by atoms with Gasteiger partial charge >= 0.3 is 5.97 Å². The number of rotatable bonds is 2. The van der Waals surface area contributed by atoms with Gasteiger partial charge in [-0.05, 0) is 32.0 Å². The lowest BCUT2D eigenvalue weighted by Gasteiger charge is -2.42. The van der Waals surface area contributed by atoms with Gasteiger partial charge in [-0.3, -0.25) is 14.4 Å². The number of hydrogen-bond donors (Lipinski definition) is 1. The van der Waals surface area contributed by atoms with Crippen molar-refractivity contribution in [3.8, 4) is 5.75 Å². The zero-order chi connectivity index (χ0) is 18.6. The van der Waals surface area contributed by atoms with Crippen molar-refractivity contribution in [3.63, 3.8) is 0 Å². The molecule has 3 unspecified atom stereocenters. The molecule has 1 aromatic carbocycles. The van der Waals surface area contributed by atoms with Crippen LogP contribution in [-0.2, 0) is 19.1 Å². The van der Waals surface area contributed by atoms with Gasteiger partial charge in [-0.25, -0.2) is 0 Å².